The van der Waals surface area contributed by atoms with Crippen molar-refractivity contribution in [2.45, 2.75) is 71.2 Å². The average Bonchev–Trinajstić information content (AvgIpc) is 2.25. The van der Waals surface area contributed by atoms with Gasteiger partial charge < -0.3 is 19.5 Å². The van der Waals surface area contributed by atoms with Gasteiger partial charge in [0.2, 0.25) is 0 Å². The molecule has 1 fully saturated rings. The molecule has 1 aliphatic heterocycles. The van der Waals surface area contributed by atoms with E-state index < -0.39 is 11.2 Å². The van der Waals surface area contributed by atoms with E-state index in [4.69, 9.17) is 9.47 Å². The number of likely N-dealkylation sites (tertiary alicyclic amines) is 1. The first-order valence-electron chi connectivity index (χ1n) is 7.39. The summed E-state index contributed by atoms with van der Waals surface area (Å²) in [5.74, 6) is 0. The molecule has 1 aliphatic rings. The highest BCUT2D eigenvalue weighted by Gasteiger charge is 2.27. The highest BCUT2D eigenvalue weighted by Crippen LogP contribution is 2.18. The summed E-state index contributed by atoms with van der Waals surface area (Å²) in [6, 6.07) is 0. The van der Waals surface area contributed by atoms with E-state index in [1.54, 1.807) is 18.7 Å². The van der Waals surface area contributed by atoms with Crippen molar-refractivity contribution in [1.29, 1.82) is 0 Å². The molecule has 0 unspecified atom stereocenters. The number of hydrogen-bond acceptors (Lipinski definition) is 4. The fourth-order valence-electron chi connectivity index (χ4n) is 2.01. The monoisotopic (exact) mass is 287 g/mol. The van der Waals surface area contributed by atoms with Crippen molar-refractivity contribution in [3.63, 3.8) is 0 Å². The molecule has 1 rings (SSSR count). The van der Waals surface area contributed by atoms with Gasteiger partial charge in [0.15, 0.2) is 0 Å². The molecule has 1 N–H and O–H groups in total. The van der Waals surface area contributed by atoms with Crippen LogP contribution >= 0.6 is 0 Å². The summed E-state index contributed by atoms with van der Waals surface area (Å²) in [5, 5.41) is 9.62. The van der Waals surface area contributed by atoms with Crippen LogP contribution in [-0.4, -0.2) is 53.1 Å². The number of carbonyl (C=O) groups is 1. The minimum Gasteiger partial charge on any atom is -0.444 e. The van der Waals surface area contributed by atoms with Crippen LogP contribution in [0.1, 0.15) is 53.9 Å². The lowest BCUT2D eigenvalue weighted by Crippen LogP contribution is -2.43. The van der Waals surface area contributed by atoms with Crippen LogP contribution < -0.4 is 0 Å². The van der Waals surface area contributed by atoms with E-state index in [2.05, 4.69) is 0 Å². The van der Waals surface area contributed by atoms with Crippen LogP contribution in [0.25, 0.3) is 0 Å². The van der Waals surface area contributed by atoms with Crippen molar-refractivity contribution in [2.24, 2.45) is 0 Å². The molecular formula is C15H29NO4. The maximum absolute atomic E-state index is 11.9. The normalized spacial score (nSPS) is 18.2. The summed E-state index contributed by atoms with van der Waals surface area (Å²) in [6.07, 6.45) is 2.21. The summed E-state index contributed by atoms with van der Waals surface area (Å²) >= 11 is 0. The zero-order chi connectivity index (χ0) is 15.4. The minimum atomic E-state index is -0.683. The summed E-state index contributed by atoms with van der Waals surface area (Å²) in [7, 11) is 0. The standard InChI is InChI=1S/C15H29NO4/c1-14(2,3)20-13(17)16-9-6-12(7-10-16)19-11-8-15(4,5)18/h12,18H,6-11H2,1-5H3. The summed E-state index contributed by atoms with van der Waals surface area (Å²) < 4.78 is 11.1. The second-order valence-electron chi connectivity index (χ2n) is 7.10. The molecule has 118 valence electrons. The quantitative estimate of drug-likeness (QED) is 0.863. The maximum atomic E-state index is 11.9. The molecule has 0 saturated carbocycles. The van der Waals surface area contributed by atoms with Crippen molar-refractivity contribution in [2.75, 3.05) is 19.7 Å². The van der Waals surface area contributed by atoms with Crippen LogP contribution in [0.2, 0.25) is 0 Å². The molecule has 0 radical (unpaired) electrons. The highest BCUT2D eigenvalue weighted by atomic mass is 16.6. The van der Waals surface area contributed by atoms with Crippen LogP contribution in [0.15, 0.2) is 0 Å². The van der Waals surface area contributed by atoms with E-state index in [0.717, 1.165) is 12.8 Å². The molecule has 5 heteroatoms. The summed E-state index contributed by atoms with van der Waals surface area (Å²) in [4.78, 5) is 13.6. The van der Waals surface area contributed by atoms with E-state index in [1.807, 2.05) is 20.8 Å². The van der Waals surface area contributed by atoms with E-state index in [0.29, 0.717) is 26.1 Å². The Balaban J connectivity index is 2.25. The van der Waals surface area contributed by atoms with Gasteiger partial charge in [-0.1, -0.05) is 0 Å². The Kier molecular flexibility index (Phi) is 5.83. The third-order valence-corrected chi connectivity index (χ3v) is 3.16. The molecule has 5 nitrogen and oxygen atoms in total. The number of rotatable bonds is 4. The first kappa shape index (κ1) is 17.2. The number of ether oxygens (including phenoxy) is 2. The van der Waals surface area contributed by atoms with E-state index in [1.165, 1.54) is 0 Å². The zero-order valence-electron chi connectivity index (χ0n) is 13.4. The zero-order valence-corrected chi connectivity index (χ0v) is 13.4. The number of amides is 1. The Labute approximate surface area is 122 Å². The molecule has 1 amide bonds. The van der Waals surface area contributed by atoms with Gasteiger partial charge in [0.05, 0.1) is 11.7 Å². The molecule has 0 aromatic carbocycles. The Hall–Kier alpha value is -0.810. The molecule has 0 bridgehead atoms. The SMILES string of the molecule is CC(C)(O)CCOC1CCN(C(=O)OC(C)(C)C)CC1. The van der Waals surface area contributed by atoms with Crippen LogP contribution in [0.5, 0.6) is 0 Å². The molecule has 0 atom stereocenters. The van der Waals surface area contributed by atoms with Crippen molar-refractivity contribution in [1.82, 2.24) is 4.90 Å². The van der Waals surface area contributed by atoms with Gasteiger partial charge >= 0.3 is 6.09 Å². The molecule has 20 heavy (non-hydrogen) atoms. The molecule has 0 aliphatic carbocycles. The molecule has 1 heterocycles. The van der Waals surface area contributed by atoms with Crippen molar-refractivity contribution in [3.8, 4) is 0 Å². The summed E-state index contributed by atoms with van der Waals surface area (Å²) in [6.45, 7) is 11.1. The molecular weight excluding hydrogens is 258 g/mol. The summed E-state index contributed by atoms with van der Waals surface area (Å²) in [5.41, 5.74) is -1.13. The van der Waals surface area contributed by atoms with E-state index in [9.17, 15) is 9.90 Å². The Bertz CT molecular complexity index is 309. The number of carbonyl (C=O) groups excluding carboxylic acids is 1. The topological polar surface area (TPSA) is 59.0 Å². The lowest BCUT2D eigenvalue weighted by molar-refractivity contribution is -0.0299. The van der Waals surface area contributed by atoms with Crippen molar-refractivity contribution >= 4 is 6.09 Å². The van der Waals surface area contributed by atoms with Gasteiger partial charge in [0.1, 0.15) is 5.60 Å². The van der Waals surface area contributed by atoms with E-state index in [-0.39, 0.29) is 12.2 Å². The molecule has 0 spiro atoms. The van der Waals surface area contributed by atoms with Crippen molar-refractivity contribution < 1.29 is 19.4 Å². The van der Waals surface area contributed by atoms with Gasteiger partial charge in [-0.25, -0.2) is 4.79 Å². The van der Waals surface area contributed by atoms with Crippen LogP contribution in [0, 0.1) is 0 Å². The van der Waals surface area contributed by atoms with Crippen molar-refractivity contribution in [3.05, 3.63) is 0 Å². The second-order valence-corrected chi connectivity index (χ2v) is 7.10. The van der Waals surface area contributed by atoms with Gasteiger partial charge in [-0.3, -0.25) is 0 Å². The molecule has 0 aromatic rings. The Morgan fingerprint density at radius 3 is 2.20 bits per heavy atom. The minimum absolute atomic E-state index is 0.177. The molecule has 0 aromatic heterocycles. The Morgan fingerprint density at radius 1 is 1.20 bits per heavy atom. The van der Waals surface area contributed by atoms with Gasteiger partial charge in [-0.05, 0) is 53.9 Å². The van der Waals surface area contributed by atoms with Gasteiger partial charge in [0, 0.05) is 19.7 Å². The van der Waals surface area contributed by atoms with Crippen LogP contribution in [0.3, 0.4) is 0 Å². The van der Waals surface area contributed by atoms with Crippen LogP contribution in [0.4, 0.5) is 4.79 Å². The predicted molar refractivity (Wildman–Crippen MR) is 77.7 cm³/mol. The van der Waals surface area contributed by atoms with Gasteiger partial charge in [-0.15, -0.1) is 0 Å². The van der Waals surface area contributed by atoms with Gasteiger partial charge in [0.25, 0.3) is 0 Å². The smallest absolute Gasteiger partial charge is 0.410 e. The third kappa shape index (κ3) is 7.10. The first-order valence-corrected chi connectivity index (χ1v) is 7.39. The number of piperidine rings is 1. The van der Waals surface area contributed by atoms with E-state index >= 15 is 0 Å². The number of nitrogens with zero attached hydrogens (tertiary/aromatic N) is 1. The lowest BCUT2D eigenvalue weighted by Gasteiger charge is -2.33. The maximum Gasteiger partial charge on any atom is 0.410 e. The predicted octanol–water partition coefficient (Wildman–Crippen LogP) is 2.56. The fourth-order valence-corrected chi connectivity index (χ4v) is 2.01. The number of hydrogen-bond donors (Lipinski definition) is 1. The van der Waals surface area contributed by atoms with Gasteiger partial charge in [-0.2, -0.15) is 0 Å². The highest BCUT2D eigenvalue weighted by molar-refractivity contribution is 5.68. The number of aliphatic hydroxyl groups is 1. The molecule has 1 saturated heterocycles. The average molecular weight is 287 g/mol. The third-order valence-electron chi connectivity index (χ3n) is 3.16. The second kappa shape index (κ2) is 6.76. The van der Waals surface area contributed by atoms with Crippen LogP contribution in [-0.2, 0) is 9.47 Å². The first-order chi connectivity index (χ1) is 9.07. The Morgan fingerprint density at radius 2 is 1.75 bits per heavy atom. The largest absolute Gasteiger partial charge is 0.444 e. The fraction of sp³-hybridized carbons (Fsp3) is 0.933. The lowest BCUT2D eigenvalue weighted by atomic mass is 10.1.